The fourth-order valence-electron chi connectivity index (χ4n) is 1.94. The predicted octanol–water partition coefficient (Wildman–Crippen LogP) is 5.34. The summed E-state index contributed by atoms with van der Waals surface area (Å²) in [5, 5.41) is 7.04. The van der Waals surface area contributed by atoms with Crippen molar-refractivity contribution in [1.29, 1.82) is 0 Å². The lowest BCUT2D eigenvalue weighted by Gasteiger charge is -2.13. The first-order chi connectivity index (χ1) is 10.1. The van der Waals surface area contributed by atoms with Crippen LogP contribution in [0.25, 0.3) is 0 Å². The highest BCUT2D eigenvalue weighted by atomic mass is 32.2. The van der Waals surface area contributed by atoms with E-state index in [1.54, 1.807) is 11.8 Å². The Hall–Kier alpha value is -1.52. The second-order valence-electron chi connectivity index (χ2n) is 5.09. The van der Waals surface area contributed by atoms with Crippen LogP contribution in [0.1, 0.15) is 25.3 Å². The molecular formula is C17H20N2S2. The molecule has 0 aliphatic carbocycles. The molecule has 0 aliphatic heterocycles. The van der Waals surface area contributed by atoms with Crippen molar-refractivity contribution < 1.29 is 0 Å². The van der Waals surface area contributed by atoms with Gasteiger partial charge in [-0.15, -0.1) is 11.8 Å². The minimum Gasteiger partial charge on any atom is -0.332 e. The van der Waals surface area contributed by atoms with Crippen LogP contribution in [0, 0.1) is 0 Å². The van der Waals surface area contributed by atoms with E-state index in [4.69, 9.17) is 12.2 Å². The molecule has 2 aromatic rings. The van der Waals surface area contributed by atoms with Gasteiger partial charge in [-0.05, 0) is 66.4 Å². The van der Waals surface area contributed by atoms with Crippen LogP contribution in [0.15, 0.2) is 53.4 Å². The van der Waals surface area contributed by atoms with Gasteiger partial charge >= 0.3 is 0 Å². The van der Waals surface area contributed by atoms with E-state index >= 15 is 0 Å². The highest BCUT2D eigenvalue weighted by Crippen LogP contribution is 2.20. The van der Waals surface area contributed by atoms with Crippen LogP contribution < -0.4 is 10.6 Å². The topological polar surface area (TPSA) is 24.1 Å². The Morgan fingerprint density at radius 2 is 1.67 bits per heavy atom. The maximum Gasteiger partial charge on any atom is 0.175 e. The van der Waals surface area contributed by atoms with Crippen molar-refractivity contribution in [1.82, 2.24) is 0 Å². The summed E-state index contributed by atoms with van der Waals surface area (Å²) in [6.45, 7) is 4.37. The van der Waals surface area contributed by atoms with E-state index in [0.717, 1.165) is 11.4 Å². The summed E-state index contributed by atoms with van der Waals surface area (Å²) in [6.07, 6.45) is 2.07. The average molecular weight is 316 g/mol. The normalized spacial score (nSPS) is 10.5. The largest absolute Gasteiger partial charge is 0.332 e. The molecule has 21 heavy (non-hydrogen) atoms. The molecular weight excluding hydrogens is 296 g/mol. The fraction of sp³-hybridized carbons (Fsp3) is 0.235. The van der Waals surface area contributed by atoms with Crippen LogP contribution in [-0.2, 0) is 0 Å². The zero-order valence-electron chi connectivity index (χ0n) is 12.5. The zero-order chi connectivity index (χ0) is 15.2. The molecule has 0 aliphatic rings. The maximum atomic E-state index is 5.36. The van der Waals surface area contributed by atoms with Crippen molar-refractivity contribution in [2.75, 3.05) is 16.9 Å². The fourth-order valence-corrected chi connectivity index (χ4v) is 2.59. The van der Waals surface area contributed by atoms with Gasteiger partial charge < -0.3 is 10.6 Å². The molecule has 0 fully saturated rings. The van der Waals surface area contributed by atoms with E-state index in [2.05, 4.69) is 55.0 Å². The standard InChI is InChI=1S/C17H20N2S2/c1-12(2)13-5-4-6-15(11-13)19-17(20)18-14-7-9-16(21-3)10-8-14/h4-12H,1-3H3,(H2,18,19,20). The van der Waals surface area contributed by atoms with Gasteiger partial charge in [0.1, 0.15) is 0 Å². The van der Waals surface area contributed by atoms with E-state index in [-0.39, 0.29) is 0 Å². The minimum atomic E-state index is 0.507. The lowest BCUT2D eigenvalue weighted by atomic mass is 10.0. The SMILES string of the molecule is CSc1ccc(NC(=S)Nc2cccc(C(C)C)c2)cc1. The van der Waals surface area contributed by atoms with Crippen LogP contribution in [-0.4, -0.2) is 11.4 Å². The molecule has 4 heteroatoms. The van der Waals surface area contributed by atoms with Crippen molar-refractivity contribution in [2.24, 2.45) is 0 Å². The number of anilines is 2. The Balaban J connectivity index is 1.99. The van der Waals surface area contributed by atoms with Gasteiger partial charge in [0.25, 0.3) is 0 Å². The van der Waals surface area contributed by atoms with E-state index < -0.39 is 0 Å². The molecule has 0 saturated heterocycles. The quantitative estimate of drug-likeness (QED) is 0.587. The summed E-state index contributed by atoms with van der Waals surface area (Å²) in [6, 6.07) is 16.6. The number of hydrogen-bond acceptors (Lipinski definition) is 2. The average Bonchev–Trinajstić information content (AvgIpc) is 2.48. The van der Waals surface area contributed by atoms with E-state index in [1.165, 1.54) is 10.5 Å². The molecule has 0 saturated carbocycles. The summed E-state index contributed by atoms with van der Waals surface area (Å²) in [4.78, 5) is 1.24. The molecule has 0 spiro atoms. The number of hydrogen-bond donors (Lipinski definition) is 2. The summed E-state index contributed by atoms with van der Waals surface area (Å²) in [5.74, 6) is 0.507. The van der Waals surface area contributed by atoms with Crippen LogP contribution in [0.4, 0.5) is 11.4 Å². The van der Waals surface area contributed by atoms with Gasteiger partial charge in [-0.25, -0.2) is 0 Å². The van der Waals surface area contributed by atoms with Gasteiger partial charge in [-0.1, -0.05) is 26.0 Å². The summed E-state index contributed by atoms with van der Waals surface area (Å²) < 4.78 is 0. The number of rotatable bonds is 4. The van der Waals surface area contributed by atoms with Gasteiger partial charge in [0, 0.05) is 16.3 Å². The monoisotopic (exact) mass is 316 g/mol. The summed E-state index contributed by atoms with van der Waals surface area (Å²) in [7, 11) is 0. The van der Waals surface area contributed by atoms with E-state index in [9.17, 15) is 0 Å². The second kappa shape index (κ2) is 7.48. The predicted molar refractivity (Wildman–Crippen MR) is 98.6 cm³/mol. The maximum absolute atomic E-state index is 5.36. The minimum absolute atomic E-state index is 0.507. The number of nitrogens with one attached hydrogen (secondary N) is 2. The highest BCUT2D eigenvalue weighted by molar-refractivity contribution is 7.98. The Kier molecular flexibility index (Phi) is 5.65. The lowest BCUT2D eigenvalue weighted by molar-refractivity contribution is 0.867. The number of benzene rings is 2. The Labute approximate surface area is 136 Å². The highest BCUT2D eigenvalue weighted by Gasteiger charge is 2.02. The Morgan fingerprint density at radius 3 is 2.29 bits per heavy atom. The third-order valence-electron chi connectivity index (χ3n) is 3.16. The van der Waals surface area contributed by atoms with Gasteiger partial charge in [0.2, 0.25) is 0 Å². The molecule has 2 aromatic carbocycles. The molecule has 2 nitrogen and oxygen atoms in total. The molecule has 0 heterocycles. The van der Waals surface area contributed by atoms with Crippen LogP contribution >= 0.6 is 24.0 Å². The van der Waals surface area contributed by atoms with Crippen molar-refractivity contribution in [3.63, 3.8) is 0 Å². The van der Waals surface area contributed by atoms with E-state index in [1.807, 2.05) is 24.3 Å². The Morgan fingerprint density at radius 1 is 1.00 bits per heavy atom. The molecule has 0 atom stereocenters. The molecule has 0 unspecified atom stereocenters. The third kappa shape index (κ3) is 4.76. The van der Waals surface area contributed by atoms with E-state index in [0.29, 0.717) is 11.0 Å². The van der Waals surface area contributed by atoms with Crippen molar-refractivity contribution >= 4 is 40.5 Å². The van der Waals surface area contributed by atoms with Crippen molar-refractivity contribution in [3.05, 3.63) is 54.1 Å². The molecule has 110 valence electrons. The summed E-state index contributed by atoms with van der Waals surface area (Å²) in [5.41, 5.74) is 3.30. The van der Waals surface area contributed by atoms with Crippen LogP contribution in [0.3, 0.4) is 0 Å². The van der Waals surface area contributed by atoms with Crippen molar-refractivity contribution in [3.8, 4) is 0 Å². The first kappa shape index (κ1) is 15.9. The molecule has 2 rings (SSSR count). The van der Waals surface area contributed by atoms with Gasteiger partial charge in [0.05, 0.1) is 0 Å². The van der Waals surface area contributed by atoms with Crippen LogP contribution in [0.5, 0.6) is 0 Å². The van der Waals surface area contributed by atoms with Gasteiger partial charge in [0.15, 0.2) is 5.11 Å². The van der Waals surface area contributed by atoms with Crippen molar-refractivity contribution in [2.45, 2.75) is 24.7 Å². The smallest absolute Gasteiger partial charge is 0.175 e. The Bertz CT molecular complexity index is 606. The summed E-state index contributed by atoms with van der Waals surface area (Å²) >= 11 is 7.09. The number of thiocarbonyl (C=S) groups is 1. The number of thioether (sulfide) groups is 1. The van der Waals surface area contributed by atoms with Gasteiger partial charge in [-0.3, -0.25) is 0 Å². The molecule has 0 radical (unpaired) electrons. The molecule has 0 amide bonds. The first-order valence-corrected chi connectivity index (χ1v) is 8.54. The zero-order valence-corrected chi connectivity index (χ0v) is 14.1. The molecule has 0 aromatic heterocycles. The van der Waals surface area contributed by atoms with Crippen LogP contribution in [0.2, 0.25) is 0 Å². The van der Waals surface area contributed by atoms with Gasteiger partial charge in [-0.2, -0.15) is 0 Å². The second-order valence-corrected chi connectivity index (χ2v) is 6.38. The first-order valence-electron chi connectivity index (χ1n) is 6.90. The third-order valence-corrected chi connectivity index (χ3v) is 4.11. The lowest BCUT2D eigenvalue weighted by Crippen LogP contribution is -2.19. The molecule has 0 bridgehead atoms. The molecule has 2 N–H and O–H groups in total.